The zero-order valence-electron chi connectivity index (χ0n) is 6.72. The van der Waals surface area contributed by atoms with Crippen LogP contribution in [-0.2, 0) is 0 Å². The largest absolute Gasteiger partial charge is 0.0838 e. The summed E-state index contributed by atoms with van der Waals surface area (Å²) in [5.74, 6) is 1.79. The Hall–Kier alpha value is -0.520. The molecule has 2 atom stereocenters. The molecule has 0 aromatic heterocycles. The Morgan fingerprint density at radius 2 is 2.40 bits per heavy atom. The highest BCUT2D eigenvalue weighted by atomic mass is 14.4. The summed E-state index contributed by atoms with van der Waals surface area (Å²) in [6, 6.07) is 0. The average Bonchev–Trinajstić information content (AvgIpc) is 2.09. The lowest BCUT2D eigenvalue weighted by atomic mass is 9.78. The van der Waals surface area contributed by atoms with E-state index in [1.807, 2.05) is 0 Å². The van der Waals surface area contributed by atoms with Crippen LogP contribution in [-0.4, -0.2) is 0 Å². The molecule has 10 heavy (non-hydrogen) atoms. The van der Waals surface area contributed by atoms with Crippen LogP contribution < -0.4 is 0 Å². The van der Waals surface area contributed by atoms with Crippen molar-refractivity contribution in [2.75, 3.05) is 0 Å². The third-order valence-corrected chi connectivity index (χ3v) is 2.90. The molecule has 0 N–H and O–H groups in total. The van der Waals surface area contributed by atoms with Crippen molar-refractivity contribution in [1.82, 2.24) is 0 Å². The molecule has 2 unspecified atom stereocenters. The lowest BCUT2D eigenvalue weighted by Gasteiger charge is -2.27. The molecule has 0 bridgehead atoms. The fourth-order valence-corrected chi connectivity index (χ4v) is 2.26. The fraction of sp³-hybridized carbons (Fsp3) is 0.600. The SMILES string of the molecule is C/C=C1\C=C2CCC(C)C21. The van der Waals surface area contributed by atoms with Crippen LogP contribution in [0.15, 0.2) is 23.3 Å². The molecule has 54 valence electrons. The minimum absolute atomic E-state index is 0.866. The number of allylic oxidation sites excluding steroid dienone is 4. The number of fused-ring (bicyclic) bond motifs is 1. The Bertz CT molecular complexity index is 208. The summed E-state index contributed by atoms with van der Waals surface area (Å²) in [7, 11) is 0. The van der Waals surface area contributed by atoms with Crippen LogP contribution in [0.4, 0.5) is 0 Å². The smallest absolute Gasteiger partial charge is 0.00738 e. The average molecular weight is 134 g/mol. The van der Waals surface area contributed by atoms with Crippen LogP contribution in [0.3, 0.4) is 0 Å². The molecule has 0 heteroatoms. The molecule has 0 spiro atoms. The van der Waals surface area contributed by atoms with Crippen LogP contribution in [0.1, 0.15) is 26.7 Å². The number of hydrogen-bond donors (Lipinski definition) is 0. The Morgan fingerprint density at radius 3 is 3.00 bits per heavy atom. The van der Waals surface area contributed by atoms with Crippen molar-refractivity contribution in [3.05, 3.63) is 23.3 Å². The maximum atomic E-state index is 2.37. The van der Waals surface area contributed by atoms with Crippen molar-refractivity contribution in [1.29, 1.82) is 0 Å². The van der Waals surface area contributed by atoms with E-state index in [4.69, 9.17) is 0 Å². The molecule has 0 heterocycles. The van der Waals surface area contributed by atoms with E-state index in [-0.39, 0.29) is 0 Å². The Balaban J connectivity index is 2.27. The molecule has 2 aliphatic carbocycles. The van der Waals surface area contributed by atoms with E-state index in [0.29, 0.717) is 0 Å². The molecule has 0 aliphatic heterocycles. The fourth-order valence-electron chi connectivity index (χ4n) is 2.26. The minimum atomic E-state index is 0.866. The first-order chi connectivity index (χ1) is 4.83. The maximum Gasteiger partial charge on any atom is 0.00738 e. The molecule has 0 nitrogen and oxygen atoms in total. The quantitative estimate of drug-likeness (QED) is 0.478. The standard InChI is InChI=1S/C10H14/c1-3-8-6-9-5-4-7(2)10(8)9/h3,6-7,10H,4-5H2,1-2H3/b8-3+. The van der Waals surface area contributed by atoms with Crippen molar-refractivity contribution in [2.24, 2.45) is 11.8 Å². The van der Waals surface area contributed by atoms with E-state index in [2.05, 4.69) is 26.0 Å². The molecule has 2 rings (SSSR count). The van der Waals surface area contributed by atoms with Gasteiger partial charge in [-0.1, -0.05) is 24.6 Å². The monoisotopic (exact) mass is 134 g/mol. The summed E-state index contributed by atoms with van der Waals surface area (Å²) in [5.41, 5.74) is 3.29. The van der Waals surface area contributed by atoms with E-state index in [1.165, 1.54) is 12.8 Å². The van der Waals surface area contributed by atoms with Gasteiger partial charge in [-0.2, -0.15) is 0 Å². The van der Waals surface area contributed by atoms with Crippen LogP contribution in [0.25, 0.3) is 0 Å². The predicted octanol–water partition coefficient (Wildman–Crippen LogP) is 2.92. The molecular weight excluding hydrogens is 120 g/mol. The first-order valence-corrected chi connectivity index (χ1v) is 4.19. The van der Waals surface area contributed by atoms with E-state index < -0.39 is 0 Å². The van der Waals surface area contributed by atoms with E-state index >= 15 is 0 Å². The van der Waals surface area contributed by atoms with Gasteiger partial charge in [0.05, 0.1) is 0 Å². The van der Waals surface area contributed by atoms with Crippen molar-refractivity contribution in [3.63, 3.8) is 0 Å². The highest BCUT2D eigenvalue weighted by molar-refractivity contribution is 5.45. The summed E-state index contributed by atoms with van der Waals surface area (Å²) < 4.78 is 0. The van der Waals surface area contributed by atoms with Gasteiger partial charge in [0.15, 0.2) is 0 Å². The summed E-state index contributed by atoms with van der Waals surface area (Å²) in [5, 5.41) is 0. The zero-order valence-corrected chi connectivity index (χ0v) is 6.72. The molecule has 0 aromatic rings. The van der Waals surface area contributed by atoms with Gasteiger partial charge in [0, 0.05) is 5.92 Å². The summed E-state index contributed by atoms with van der Waals surface area (Å²) in [6.07, 6.45) is 7.40. The molecular formula is C10H14. The number of hydrogen-bond acceptors (Lipinski definition) is 0. The normalized spacial score (nSPS) is 41.0. The van der Waals surface area contributed by atoms with Crippen LogP contribution >= 0.6 is 0 Å². The summed E-state index contributed by atoms with van der Waals surface area (Å²) >= 11 is 0. The number of rotatable bonds is 0. The van der Waals surface area contributed by atoms with Gasteiger partial charge in [-0.3, -0.25) is 0 Å². The molecule has 0 amide bonds. The zero-order chi connectivity index (χ0) is 7.14. The van der Waals surface area contributed by atoms with Crippen molar-refractivity contribution >= 4 is 0 Å². The molecule has 1 saturated carbocycles. The van der Waals surface area contributed by atoms with Gasteiger partial charge in [0.25, 0.3) is 0 Å². The predicted molar refractivity (Wildman–Crippen MR) is 43.7 cm³/mol. The lowest BCUT2D eigenvalue weighted by molar-refractivity contribution is 0.504. The first-order valence-electron chi connectivity index (χ1n) is 4.19. The Kier molecular flexibility index (Phi) is 1.23. The third kappa shape index (κ3) is 0.622. The summed E-state index contributed by atoms with van der Waals surface area (Å²) in [6.45, 7) is 4.52. The van der Waals surface area contributed by atoms with Crippen molar-refractivity contribution < 1.29 is 0 Å². The maximum absolute atomic E-state index is 2.37. The lowest BCUT2D eigenvalue weighted by Crippen LogP contribution is -2.15. The van der Waals surface area contributed by atoms with Crippen LogP contribution in [0, 0.1) is 11.8 Å². The molecule has 2 aliphatic rings. The topological polar surface area (TPSA) is 0 Å². The molecule has 0 aromatic carbocycles. The van der Waals surface area contributed by atoms with Crippen LogP contribution in [0.5, 0.6) is 0 Å². The van der Waals surface area contributed by atoms with Gasteiger partial charge >= 0.3 is 0 Å². The van der Waals surface area contributed by atoms with Crippen LogP contribution in [0.2, 0.25) is 0 Å². The van der Waals surface area contributed by atoms with Gasteiger partial charge in [0.1, 0.15) is 0 Å². The second kappa shape index (κ2) is 1.98. The molecule has 0 radical (unpaired) electrons. The van der Waals surface area contributed by atoms with Gasteiger partial charge in [-0.15, -0.1) is 0 Å². The van der Waals surface area contributed by atoms with Gasteiger partial charge < -0.3 is 0 Å². The molecule has 1 fully saturated rings. The van der Waals surface area contributed by atoms with Crippen molar-refractivity contribution in [3.8, 4) is 0 Å². The van der Waals surface area contributed by atoms with E-state index in [0.717, 1.165) is 11.8 Å². The van der Waals surface area contributed by atoms with Gasteiger partial charge in [-0.05, 0) is 31.3 Å². The second-order valence-corrected chi connectivity index (χ2v) is 3.50. The van der Waals surface area contributed by atoms with E-state index in [1.54, 1.807) is 11.1 Å². The van der Waals surface area contributed by atoms with Gasteiger partial charge in [-0.25, -0.2) is 0 Å². The minimum Gasteiger partial charge on any atom is -0.0838 e. The Morgan fingerprint density at radius 1 is 1.60 bits per heavy atom. The van der Waals surface area contributed by atoms with Crippen molar-refractivity contribution in [2.45, 2.75) is 26.7 Å². The third-order valence-electron chi connectivity index (χ3n) is 2.90. The second-order valence-electron chi connectivity index (χ2n) is 3.50. The van der Waals surface area contributed by atoms with Gasteiger partial charge in [0.2, 0.25) is 0 Å². The highest BCUT2D eigenvalue weighted by Gasteiger charge is 2.35. The first kappa shape index (κ1) is 6.21. The van der Waals surface area contributed by atoms with E-state index in [9.17, 15) is 0 Å². The molecule has 0 saturated heterocycles. The summed E-state index contributed by atoms with van der Waals surface area (Å²) in [4.78, 5) is 0. The highest BCUT2D eigenvalue weighted by Crippen LogP contribution is 2.48. The Labute approximate surface area is 62.6 Å².